The zero-order valence-corrected chi connectivity index (χ0v) is 7.61. The summed E-state index contributed by atoms with van der Waals surface area (Å²) in [6.07, 6.45) is 0. The van der Waals surface area contributed by atoms with Gasteiger partial charge in [-0.15, -0.1) is 0 Å². The maximum Gasteiger partial charge on any atom is 0.0785 e. The van der Waals surface area contributed by atoms with E-state index in [4.69, 9.17) is 0 Å². The maximum absolute atomic E-state index is 9.50. The zero-order chi connectivity index (χ0) is 8.99. The summed E-state index contributed by atoms with van der Waals surface area (Å²) in [7, 11) is 0.500. The van der Waals surface area contributed by atoms with Gasteiger partial charge in [-0.3, -0.25) is 4.39 Å². The molecule has 0 unspecified atom stereocenters. The van der Waals surface area contributed by atoms with Crippen molar-refractivity contribution in [3.8, 4) is 0 Å². The molecule has 1 N–H and O–H groups in total. The van der Waals surface area contributed by atoms with Gasteiger partial charge in [0.15, 0.2) is 0 Å². The summed E-state index contributed by atoms with van der Waals surface area (Å²) >= 11 is 0. The molecule has 0 spiro atoms. The largest absolute Gasteiger partial charge is 0.308 e. The number of hydrogen-bond acceptors (Lipinski definition) is 2. The standard InChI is InChI=1S/C4H10N2.C2H6.CH3F/c1-4(2)6-5-3;2*1-2/h4,6H,3H2,1-2H3;1-2H3;1H3. The quantitative estimate of drug-likeness (QED) is 0.473. The Morgan fingerprint density at radius 1 is 1.30 bits per heavy atom. The summed E-state index contributed by atoms with van der Waals surface area (Å²) < 4.78 is 9.50. The minimum absolute atomic E-state index is 0.419. The number of rotatable bonds is 2. The number of hydrazone groups is 1. The highest BCUT2D eigenvalue weighted by Gasteiger charge is 1.79. The average Bonchev–Trinajstić information content (AvgIpc) is 1.96. The van der Waals surface area contributed by atoms with Crippen molar-refractivity contribution in [2.24, 2.45) is 5.10 Å². The summed E-state index contributed by atoms with van der Waals surface area (Å²) in [6.45, 7) is 11.3. The summed E-state index contributed by atoms with van der Waals surface area (Å²) in [5.41, 5.74) is 2.72. The molecule has 0 bridgehead atoms. The van der Waals surface area contributed by atoms with Crippen LogP contribution in [-0.4, -0.2) is 19.9 Å². The van der Waals surface area contributed by atoms with Crippen LogP contribution >= 0.6 is 0 Å². The SMILES string of the molecule is C=NNC(C)C.CC.CF. The van der Waals surface area contributed by atoms with Crippen molar-refractivity contribution in [3.63, 3.8) is 0 Å². The molecule has 0 aromatic heterocycles. The minimum atomic E-state index is 0.419. The van der Waals surface area contributed by atoms with E-state index in [9.17, 15) is 4.39 Å². The molecule has 0 aromatic rings. The molecule has 0 aliphatic rings. The molecule has 0 atom stereocenters. The Hall–Kier alpha value is -0.600. The molecule has 0 radical (unpaired) electrons. The Morgan fingerprint density at radius 2 is 1.60 bits per heavy atom. The summed E-state index contributed by atoms with van der Waals surface area (Å²) in [6, 6.07) is 0.419. The highest BCUT2D eigenvalue weighted by molar-refractivity contribution is 5.22. The highest BCUT2D eigenvalue weighted by atomic mass is 19.1. The second-order valence-electron chi connectivity index (χ2n) is 1.44. The van der Waals surface area contributed by atoms with Gasteiger partial charge >= 0.3 is 0 Å². The van der Waals surface area contributed by atoms with E-state index in [2.05, 4.69) is 17.2 Å². The van der Waals surface area contributed by atoms with Crippen molar-refractivity contribution in [1.82, 2.24) is 5.43 Å². The summed E-state index contributed by atoms with van der Waals surface area (Å²) in [5, 5.41) is 3.44. The van der Waals surface area contributed by atoms with Gasteiger partial charge < -0.3 is 5.43 Å². The number of nitrogens with zero attached hydrogens (tertiary/aromatic N) is 1. The molecule has 64 valence electrons. The van der Waals surface area contributed by atoms with Crippen LogP contribution in [0, 0.1) is 0 Å². The van der Waals surface area contributed by atoms with E-state index in [1.165, 1.54) is 0 Å². The Bertz CT molecular complexity index is 46.9. The van der Waals surface area contributed by atoms with Crippen molar-refractivity contribution in [1.29, 1.82) is 0 Å². The molecule has 0 aromatic carbocycles. The van der Waals surface area contributed by atoms with Crippen molar-refractivity contribution in [2.45, 2.75) is 33.7 Å². The van der Waals surface area contributed by atoms with E-state index >= 15 is 0 Å². The zero-order valence-electron chi connectivity index (χ0n) is 7.61. The van der Waals surface area contributed by atoms with Gasteiger partial charge in [-0.1, -0.05) is 13.8 Å². The van der Waals surface area contributed by atoms with Gasteiger partial charge in [0.1, 0.15) is 0 Å². The first-order valence-electron chi connectivity index (χ1n) is 3.36. The fourth-order valence-corrected chi connectivity index (χ4v) is 0.183. The van der Waals surface area contributed by atoms with Crippen LogP contribution in [-0.2, 0) is 0 Å². The van der Waals surface area contributed by atoms with Gasteiger partial charge in [-0.25, -0.2) is 0 Å². The molecular weight excluding hydrogens is 131 g/mol. The predicted octanol–water partition coefficient (Wildman–Crippen LogP) is 2.21. The molecule has 0 fully saturated rings. The van der Waals surface area contributed by atoms with E-state index in [0.717, 1.165) is 0 Å². The second-order valence-corrected chi connectivity index (χ2v) is 1.44. The van der Waals surface area contributed by atoms with Crippen molar-refractivity contribution >= 4 is 6.72 Å². The lowest BCUT2D eigenvalue weighted by Crippen LogP contribution is -2.14. The number of alkyl halides is 1. The third-order valence-corrected chi connectivity index (χ3v) is 0.349. The third kappa shape index (κ3) is 52.6. The van der Waals surface area contributed by atoms with Gasteiger partial charge in [0.25, 0.3) is 0 Å². The lowest BCUT2D eigenvalue weighted by atomic mass is 10.4. The Kier molecular flexibility index (Phi) is 38.5. The molecule has 2 nitrogen and oxygen atoms in total. The predicted molar refractivity (Wildman–Crippen MR) is 46.2 cm³/mol. The van der Waals surface area contributed by atoms with Crippen molar-refractivity contribution in [3.05, 3.63) is 0 Å². The van der Waals surface area contributed by atoms with Crippen LogP contribution in [0.25, 0.3) is 0 Å². The fourth-order valence-electron chi connectivity index (χ4n) is 0.183. The molecule has 0 rings (SSSR count). The Labute approximate surface area is 63.5 Å². The molecule has 0 saturated carbocycles. The van der Waals surface area contributed by atoms with Crippen LogP contribution in [0.15, 0.2) is 5.10 Å². The third-order valence-electron chi connectivity index (χ3n) is 0.349. The van der Waals surface area contributed by atoms with Crippen molar-refractivity contribution in [2.75, 3.05) is 7.18 Å². The number of nitrogens with one attached hydrogen (secondary N) is 1. The number of hydrogen-bond donors (Lipinski definition) is 1. The lowest BCUT2D eigenvalue weighted by molar-refractivity contribution is 0.624. The first-order chi connectivity index (χ1) is 4.77. The first-order valence-corrected chi connectivity index (χ1v) is 3.36. The molecule has 3 heteroatoms. The molecule has 0 amide bonds. The van der Waals surface area contributed by atoms with Crippen LogP contribution in [0.5, 0.6) is 0 Å². The van der Waals surface area contributed by atoms with Crippen LogP contribution in [0.1, 0.15) is 27.7 Å². The van der Waals surface area contributed by atoms with Crippen LogP contribution < -0.4 is 5.43 Å². The lowest BCUT2D eigenvalue weighted by Gasteiger charge is -1.98. The molecular formula is C7H19FN2. The summed E-state index contributed by atoms with van der Waals surface area (Å²) in [4.78, 5) is 0. The summed E-state index contributed by atoms with van der Waals surface area (Å²) in [5.74, 6) is 0. The first kappa shape index (κ1) is 16.2. The molecule has 0 aliphatic carbocycles. The average molecular weight is 150 g/mol. The van der Waals surface area contributed by atoms with Gasteiger partial charge in [-0.05, 0) is 13.8 Å². The van der Waals surface area contributed by atoms with E-state index in [1.807, 2.05) is 27.7 Å². The maximum atomic E-state index is 9.50. The highest BCUT2D eigenvalue weighted by Crippen LogP contribution is 1.70. The smallest absolute Gasteiger partial charge is 0.0785 e. The van der Waals surface area contributed by atoms with Gasteiger partial charge in [0.05, 0.1) is 7.18 Å². The van der Waals surface area contributed by atoms with Gasteiger partial charge in [-0.2, -0.15) is 5.10 Å². The fraction of sp³-hybridized carbons (Fsp3) is 0.857. The second kappa shape index (κ2) is 23.8. The van der Waals surface area contributed by atoms with E-state index < -0.39 is 0 Å². The Morgan fingerprint density at radius 3 is 1.60 bits per heavy atom. The Balaban J connectivity index is -0.000000105. The van der Waals surface area contributed by atoms with E-state index in [0.29, 0.717) is 13.2 Å². The minimum Gasteiger partial charge on any atom is -0.308 e. The normalized spacial score (nSPS) is 6.30. The molecule has 0 aliphatic heterocycles. The molecule has 0 saturated heterocycles. The van der Waals surface area contributed by atoms with Gasteiger partial charge in [0.2, 0.25) is 0 Å². The van der Waals surface area contributed by atoms with Crippen LogP contribution in [0.4, 0.5) is 4.39 Å². The topological polar surface area (TPSA) is 24.4 Å². The van der Waals surface area contributed by atoms with E-state index in [1.54, 1.807) is 0 Å². The van der Waals surface area contributed by atoms with Crippen molar-refractivity contribution < 1.29 is 4.39 Å². The van der Waals surface area contributed by atoms with Gasteiger partial charge in [0, 0.05) is 12.8 Å². The molecule has 10 heavy (non-hydrogen) atoms. The number of halogens is 1. The molecule has 0 heterocycles. The van der Waals surface area contributed by atoms with Crippen LogP contribution in [0.3, 0.4) is 0 Å². The van der Waals surface area contributed by atoms with Crippen LogP contribution in [0.2, 0.25) is 0 Å². The monoisotopic (exact) mass is 150 g/mol. The van der Waals surface area contributed by atoms with E-state index in [-0.39, 0.29) is 0 Å².